The van der Waals surface area contributed by atoms with Crippen LogP contribution in [0.3, 0.4) is 0 Å². The largest absolute Gasteiger partial charge is 0.508 e. The number of rotatable bonds is 3. The highest BCUT2D eigenvalue weighted by molar-refractivity contribution is 5.87. The summed E-state index contributed by atoms with van der Waals surface area (Å²) >= 11 is 0. The number of phenols is 1. The fourth-order valence-electron chi connectivity index (χ4n) is 3.52. The van der Waals surface area contributed by atoms with Crippen molar-refractivity contribution in [1.29, 1.82) is 0 Å². The van der Waals surface area contributed by atoms with E-state index in [1.807, 2.05) is 6.07 Å². The van der Waals surface area contributed by atoms with Crippen molar-refractivity contribution < 1.29 is 14.7 Å². The molecule has 0 radical (unpaired) electrons. The summed E-state index contributed by atoms with van der Waals surface area (Å²) in [6.45, 7) is 4.70. The zero-order valence-corrected chi connectivity index (χ0v) is 13.1. The van der Waals surface area contributed by atoms with Gasteiger partial charge in [-0.2, -0.15) is 0 Å². The lowest BCUT2D eigenvalue weighted by molar-refractivity contribution is -0.132. The summed E-state index contributed by atoms with van der Waals surface area (Å²) in [5.74, 6) is 0.173. The van der Waals surface area contributed by atoms with Gasteiger partial charge in [-0.15, -0.1) is 0 Å². The molecule has 1 atom stereocenters. The monoisotopic (exact) mass is 314 g/mol. The summed E-state index contributed by atoms with van der Waals surface area (Å²) in [4.78, 5) is 25.8. The molecule has 1 unspecified atom stereocenters. The van der Waals surface area contributed by atoms with Gasteiger partial charge in [0, 0.05) is 19.0 Å². The van der Waals surface area contributed by atoms with Crippen molar-refractivity contribution in [3.63, 3.8) is 0 Å². The standard InChI is InChI=1S/C18H22N2O3/c1-2-17(22)20-9-7-13(8-10-20)18(23)19-16-6-4-12-3-5-14(21)11-15(12)16/h2-3,5,11,13,16,21H,1,4,6-10H2,(H,19,23). The zero-order chi connectivity index (χ0) is 16.4. The van der Waals surface area contributed by atoms with Gasteiger partial charge in [-0.25, -0.2) is 0 Å². The van der Waals surface area contributed by atoms with Gasteiger partial charge in [0.1, 0.15) is 5.75 Å². The molecule has 1 fully saturated rings. The minimum atomic E-state index is -0.0657. The Morgan fingerprint density at radius 3 is 2.70 bits per heavy atom. The van der Waals surface area contributed by atoms with Crippen LogP contribution in [0.2, 0.25) is 0 Å². The van der Waals surface area contributed by atoms with Crippen molar-refractivity contribution in [1.82, 2.24) is 10.2 Å². The van der Waals surface area contributed by atoms with Gasteiger partial charge in [0.05, 0.1) is 6.04 Å². The van der Waals surface area contributed by atoms with Gasteiger partial charge in [0.2, 0.25) is 11.8 Å². The SMILES string of the molecule is C=CC(=O)N1CCC(C(=O)NC2CCc3ccc(O)cc32)CC1. The van der Waals surface area contributed by atoms with Crippen molar-refractivity contribution in [2.45, 2.75) is 31.7 Å². The maximum Gasteiger partial charge on any atom is 0.245 e. The molecule has 0 aromatic heterocycles. The molecular formula is C18H22N2O3. The second kappa shape index (κ2) is 6.44. The van der Waals surface area contributed by atoms with Crippen LogP contribution < -0.4 is 5.32 Å². The number of aryl methyl sites for hydroxylation is 1. The first-order chi connectivity index (χ1) is 11.1. The van der Waals surface area contributed by atoms with E-state index in [1.54, 1.807) is 17.0 Å². The van der Waals surface area contributed by atoms with Crippen LogP contribution in [0, 0.1) is 5.92 Å². The smallest absolute Gasteiger partial charge is 0.245 e. The van der Waals surface area contributed by atoms with Crippen molar-refractivity contribution in [3.05, 3.63) is 42.0 Å². The predicted octanol–water partition coefficient (Wildman–Crippen LogP) is 1.92. The Morgan fingerprint density at radius 2 is 2.00 bits per heavy atom. The highest BCUT2D eigenvalue weighted by Gasteiger charge is 2.30. The average Bonchev–Trinajstić information content (AvgIpc) is 2.96. The van der Waals surface area contributed by atoms with Gasteiger partial charge in [-0.1, -0.05) is 12.6 Å². The first-order valence-electron chi connectivity index (χ1n) is 8.12. The van der Waals surface area contributed by atoms with E-state index in [9.17, 15) is 14.7 Å². The van der Waals surface area contributed by atoms with E-state index in [1.165, 1.54) is 11.6 Å². The molecule has 23 heavy (non-hydrogen) atoms. The lowest BCUT2D eigenvalue weighted by atomic mass is 9.95. The number of hydrogen-bond donors (Lipinski definition) is 2. The van der Waals surface area contributed by atoms with Crippen LogP contribution in [0.4, 0.5) is 0 Å². The van der Waals surface area contributed by atoms with Crippen LogP contribution in [-0.2, 0) is 16.0 Å². The second-order valence-electron chi connectivity index (χ2n) is 6.29. The fraction of sp³-hybridized carbons (Fsp3) is 0.444. The Kier molecular flexibility index (Phi) is 4.37. The number of aromatic hydroxyl groups is 1. The summed E-state index contributed by atoms with van der Waals surface area (Å²) < 4.78 is 0. The molecule has 1 aromatic rings. The number of nitrogens with one attached hydrogen (secondary N) is 1. The molecule has 0 saturated carbocycles. The Morgan fingerprint density at radius 1 is 1.26 bits per heavy atom. The van der Waals surface area contributed by atoms with E-state index in [0.717, 1.165) is 18.4 Å². The number of nitrogens with zero attached hydrogens (tertiary/aromatic N) is 1. The van der Waals surface area contributed by atoms with Crippen molar-refractivity contribution in [2.24, 2.45) is 5.92 Å². The summed E-state index contributed by atoms with van der Waals surface area (Å²) in [7, 11) is 0. The van der Waals surface area contributed by atoms with Crippen LogP contribution in [0.5, 0.6) is 5.75 Å². The van der Waals surface area contributed by atoms with Gasteiger partial charge < -0.3 is 15.3 Å². The average molecular weight is 314 g/mol. The highest BCUT2D eigenvalue weighted by Crippen LogP contribution is 2.34. The number of carbonyl (C=O) groups excluding carboxylic acids is 2. The quantitative estimate of drug-likeness (QED) is 0.838. The second-order valence-corrected chi connectivity index (χ2v) is 6.29. The molecule has 3 rings (SSSR count). The molecule has 0 bridgehead atoms. The molecule has 2 aliphatic rings. The molecule has 1 aliphatic carbocycles. The third-order valence-corrected chi connectivity index (χ3v) is 4.88. The van der Waals surface area contributed by atoms with Gasteiger partial charge in [-0.05, 0) is 55.0 Å². The van der Waals surface area contributed by atoms with Gasteiger partial charge in [0.15, 0.2) is 0 Å². The maximum atomic E-state index is 12.5. The van der Waals surface area contributed by atoms with E-state index in [-0.39, 0.29) is 29.5 Å². The Balaban J connectivity index is 1.58. The van der Waals surface area contributed by atoms with Crippen LogP contribution in [0.15, 0.2) is 30.9 Å². The van der Waals surface area contributed by atoms with Crippen LogP contribution in [0.1, 0.15) is 36.4 Å². The Bertz CT molecular complexity index is 633. The molecule has 2 amide bonds. The fourth-order valence-corrected chi connectivity index (χ4v) is 3.52. The third-order valence-electron chi connectivity index (χ3n) is 4.88. The normalized spacial score (nSPS) is 20.9. The minimum Gasteiger partial charge on any atom is -0.508 e. The van der Waals surface area contributed by atoms with Crippen molar-refractivity contribution in [3.8, 4) is 5.75 Å². The molecule has 0 spiro atoms. The first-order valence-corrected chi connectivity index (χ1v) is 8.12. The van der Waals surface area contributed by atoms with Crippen molar-refractivity contribution >= 4 is 11.8 Å². The van der Waals surface area contributed by atoms with Crippen LogP contribution in [0.25, 0.3) is 0 Å². The molecule has 5 nitrogen and oxygen atoms in total. The maximum absolute atomic E-state index is 12.5. The molecule has 2 N–H and O–H groups in total. The minimum absolute atomic E-state index is 0.0163. The van der Waals surface area contributed by atoms with E-state index < -0.39 is 0 Å². The number of carbonyl (C=O) groups is 2. The Labute approximate surface area is 136 Å². The summed E-state index contributed by atoms with van der Waals surface area (Å²) in [5, 5.41) is 12.8. The first kappa shape index (κ1) is 15.6. The molecule has 1 saturated heterocycles. The highest BCUT2D eigenvalue weighted by atomic mass is 16.3. The number of likely N-dealkylation sites (tertiary alicyclic amines) is 1. The molecule has 1 heterocycles. The number of phenolic OH excluding ortho intramolecular Hbond substituents is 1. The number of piperidine rings is 1. The molecule has 5 heteroatoms. The predicted molar refractivity (Wildman–Crippen MR) is 86.8 cm³/mol. The molecular weight excluding hydrogens is 292 g/mol. The van der Waals surface area contributed by atoms with E-state index in [4.69, 9.17) is 0 Å². The number of hydrogen-bond acceptors (Lipinski definition) is 3. The third kappa shape index (κ3) is 3.23. The number of benzene rings is 1. The molecule has 1 aromatic carbocycles. The molecule has 122 valence electrons. The van der Waals surface area contributed by atoms with E-state index in [0.29, 0.717) is 25.9 Å². The van der Waals surface area contributed by atoms with E-state index >= 15 is 0 Å². The topological polar surface area (TPSA) is 69.6 Å². The van der Waals surface area contributed by atoms with E-state index in [2.05, 4.69) is 11.9 Å². The summed E-state index contributed by atoms with van der Waals surface area (Å²) in [6.07, 6.45) is 4.49. The Hall–Kier alpha value is -2.30. The van der Waals surface area contributed by atoms with Gasteiger partial charge in [0.25, 0.3) is 0 Å². The van der Waals surface area contributed by atoms with Crippen molar-refractivity contribution in [2.75, 3.05) is 13.1 Å². The lowest BCUT2D eigenvalue weighted by Crippen LogP contribution is -2.43. The molecule has 1 aliphatic heterocycles. The lowest BCUT2D eigenvalue weighted by Gasteiger charge is -2.31. The zero-order valence-electron chi connectivity index (χ0n) is 13.1. The summed E-state index contributed by atoms with van der Waals surface area (Å²) in [5.41, 5.74) is 2.22. The van der Waals surface area contributed by atoms with Crippen LogP contribution >= 0.6 is 0 Å². The summed E-state index contributed by atoms with van der Waals surface area (Å²) in [6, 6.07) is 5.35. The van der Waals surface area contributed by atoms with Crippen LogP contribution in [-0.4, -0.2) is 34.9 Å². The number of fused-ring (bicyclic) bond motifs is 1. The van der Waals surface area contributed by atoms with Gasteiger partial charge >= 0.3 is 0 Å². The van der Waals surface area contributed by atoms with Gasteiger partial charge in [-0.3, -0.25) is 9.59 Å². The number of amides is 2.